The van der Waals surface area contributed by atoms with Gasteiger partial charge in [0.2, 0.25) is 0 Å². The van der Waals surface area contributed by atoms with Crippen molar-refractivity contribution in [2.75, 3.05) is 46.8 Å². The maximum Gasteiger partial charge on any atom is 0.317 e. The van der Waals surface area contributed by atoms with Crippen molar-refractivity contribution in [2.45, 2.75) is 148 Å². The quantitative estimate of drug-likeness (QED) is 0.0688. The number of methoxy groups -OCH3 is 1. The van der Waals surface area contributed by atoms with E-state index in [2.05, 4.69) is 99.3 Å². The van der Waals surface area contributed by atoms with Gasteiger partial charge in [0.1, 0.15) is 0 Å². The van der Waals surface area contributed by atoms with Crippen LogP contribution in [0.15, 0.2) is 18.2 Å². The lowest BCUT2D eigenvalue weighted by Crippen LogP contribution is -2.60. The summed E-state index contributed by atoms with van der Waals surface area (Å²) in [6.07, 6.45) is 3.71. The molecule has 0 fully saturated rings. The number of aromatic hydroxyl groups is 1. The van der Waals surface area contributed by atoms with Gasteiger partial charge in [0, 0.05) is 13.2 Å². The lowest BCUT2D eigenvalue weighted by molar-refractivity contribution is 0.0145. The van der Waals surface area contributed by atoms with Crippen LogP contribution in [0.5, 0.6) is 11.5 Å². The van der Waals surface area contributed by atoms with Crippen LogP contribution in [0.2, 0.25) is 102 Å². The highest BCUT2D eigenvalue weighted by Gasteiger charge is 2.48. The number of benzene rings is 1. The Bertz CT molecular complexity index is 1140. The monoisotopic (exact) mass is 822 g/mol. The Balaban J connectivity index is 2.76. The molecule has 0 radical (unpaired) electrons. The zero-order valence-electron chi connectivity index (χ0n) is 35.6. The van der Waals surface area contributed by atoms with Crippen molar-refractivity contribution in [1.82, 2.24) is 0 Å². The van der Waals surface area contributed by atoms with Gasteiger partial charge in [0.05, 0.1) is 41.6 Å². The molecule has 15 heteroatoms. The van der Waals surface area contributed by atoms with Crippen LogP contribution in [-0.4, -0.2) is 102 Å². The third kappa shape index (κ3) is 21.5. The van der Waals surface area contributed by atoms with Gasteiger partial charge < -0.3 is 40.5 Å². The van der Waals surface area contributed by atoms with Gasteiger partial charge in [0.25, 0.3) is 0 Å². The van der Waals surface area contributed by atoms with Crippen molar-refractivity contribution in [2.24, 2.45) is 0 Å². The van der Waals surface area contributed by atoms with Gasteiger partial charge in [-0.2, -0.15) is 0 Å². The number of hydrogen-bond acceptors (Lipinski definition) is 9. The van der Waals surface area contributed by atoms with Gasteiger partial charge in [0.15, 0.2) is 28.1 Å². The Kier molecular flexibility index (Phi) is 20.3. The first-order valence-electron chi connectivity index (χ1n) is 19.1. The minimum Gasteiger partial charge on any atom is -0.504 e. The molecule has 9 nitrogen and oxygen atoms in total. The van der Waals surface area contributed by atoms with Crippen LogP contribution >= 0.6 is 0 Å². The summed E-state index contributed by atoms with van der Waals surface area (Å²) in [6, 6.07) is 8.50. The van der Waals surface area contributed by atoms with Crippen LogP contribution in [0.1, 0.15) is 45.6 Å². The largest absolute Gasteiger partial charge is 0.504 e. The molecule has 0 bridgehead atoms. The Labute approximate surface area is 319 Å². The van der Waals surface area contributed by atoms with Crippen molar-refractivity contribution in [1.29, 1.82) is 0 Å². The first-order valence-corrected chi connectivity index (χ1v) is 37.0. The van der Waals surface area contributed by atoms with Gasteiger partial charge in [-0.25, -0.2) is 0 Å². The van der Waals surface area contributed by atoms with E-state index in [4.69, 9.17) is 35.4 Å². The molecule has 300 valence electrons. The van der Waals surface area contributed by atoms with Crippen LogP contribution in [-0.2, 0) is 37.1 Å². The molecule has 1 N–H and O–H groups in total. The average molecular weight is 824 g/mol. The van der Waals surface area contributed by atoms with Gasteiger partial charge in [-0.3, -0.25) is 0 Å². The van der Waals surface area contributed by atoms with Crippen LogP contribution in [0.4, 0.5) is 0 Å². The Morgan fingerprint density at radius 2 is 1.04 bits per heavy atom. The lowest BCUT2D eigenvalue weighted by Gasteiger charge is -2.44. The molecular formula is C36H78O9Si6. The summed E-state index contributed by atoms with van der Waals surface area (Å²) in [4.78, 5) is 0. The highest BCUT2D eigenvalue weighted by Crippen LogP contribution is 2.39. The molecule has 1 aromatic carbocycles. The molecule has 2 unspecified atom stereocenters. The second kappa shape index (κ2) is 21.2. The number of phenolic OH excluding ortho intramolecular Hbond substituents is 1. The summed E-state index contributed by atoms with van der Waals surface area (Å²) in [5.41, 5.74) is 1.12. The molecule has 0 spiro atoms. The topological polar surface area (TPSA) is 94.1 Å². The highest BCUT2D eigenvalue weighted by atomic mass is 28.5. The Morgan fingerprint density at radius 3 is 1.53 bits per heavy atom. The first-order chi connectivity index (χ1) is 23.2. The second-order valence-electron chi connectivity index (χ2n) is 18.3. The molecule has 0 saturated heterocycles. The minimum atomic E-state index is -2.75. The molecule has 2 atom stereocenters. The number of ether oxygens (including phenoxy) is 4. The summed E-state index contributed by atoms with van der Waals surface area (Å²) < 4.78 is 50.9. The van der Waals surface area contributed by atoms with E-state index in [0.29, 0.717) is 43.8 Å². The zero-order chi connectivity index (χ0) is 39.2. The van der Waals surface area contributed by atoms with Crippen LogP contribution in [0.25, 0.3) is 0 Å². The fourth-order valence-corrected chi connectivity index (χ4v) is 31.7. The van der Waals surface area contributed by atoms with Crippen molar-refractivity contribution in [3.05, 3.63) is 23.8 Å². The average Bonchev–Trinajstić information content (AvgIpc) is 2.92. The summed E-state index contributed by atoms with van der Waals surface area (Å²) >= 11 is 0. The molecule has 0 aliphatic rings. The second-order valence-corrected chi connectivity index (χ2v) is 44.2. The van der Waals surface area contributed by atoms with E-state index >= 15 is 0 Å². The number of phenols is 1. The van der Waals surface area contributed by atoms with E-state index in [0.717, 1.165) is 49.9 Å². The molecule has 1 aromatic rings. The van der Waals surface area contributed by atoms with E-state index in [1.165, 1.54) is 6.04 Å². The third-order valence-electron chi connectivity index (χ3n) is 9.09. The SMILES string of the molecule is COc1cc(CCC[Si](C)(O[Si](C)(C)C)O[Si](C)(CCCOCCOCCOCCC[Si](C)(C)C(C)(C)C)O[Si](C)(C)O[Si](C)(C)C)ccc1O. The predicted octanol–water partition coefficient (Wildman–Crippen LogP) is 10.3. The van der Waals surface area contributed by atoms with Crippen molar-refractivity contribution in [3.63, 3.8) is 0 Å². The molecule has 0 amide bonds. The van der Waals surface area contributed by atoms with Crippen LogP contribution < -0.4 is 4.74 Å². The van der Waals surface area contributed by atoms with Crippen molar-refractivity contribution in [3.8, 4) is 11.5 Å². The van der Waals surface area contributed by atoms with E-state index in [-0.39, 0.29) is 5.75 Å². The summed E-state index contributed by atoms with van der Waals surface area (Å²) in [7, 11) is -11.3. The molecular weight excluding hydrogens is 745 g/mol. The maximum atomic E-state index is 10.0. The molecule has 51 heavy (non-hydrogen) atoms. The van der Waals surface area contributed by atoms with Crippen molar-refractivity contribution < 1.29 is 40.5 Å². The normalized spacial score (nSPS) is 15.8. The fraction of sp³-hybridized carbons (Fsp3) is 0.833. The van der Waals surface area contributed by atoms with Crippen LogP contribution in [0, 0.1) is 0 Å². The molecule has 0 aromatic heterocycles. The van der Waals surface area contributed by atoms with E-state index in [1.807, 2.05) is 12.1 Å². The molecule has 0 heterocycles. The Hall–Kier alpha value is -0.159. The van der Waals surface area contributed by atoms with Gasteiger partial charge in [-0.15, -0.1) is 0 Å². The van der Waals surface area contributed by atoms with E-state index in [9.17, 15) is 5.11 Å². The van der Waals surface area contributed by atoms with Gasteiger partial charge in [-0.1, -0.05) is 46.0 Å². The minimum absolute atomic E-state index is 0.154. The highest BCUT2D eigenvalue weighted by molar-refractivity contribution is 6.91. The Morgan fingerprint density at radius 1 is 0.569 bits per heavy atom. The number of rotatable bonds is 27. The molecule has 0 aliphatic heterocycles. The lowest BCUT2D eigenvalue weighted by atomic mass is 10.1. The molecule has 0 aliphatic carbocycles. The summed E-state index contributed by atoms with van der Waals surface area (Å²) in [5, 5.41) is 10.5. The predicted molar refractivity (Wildman–Crippen MR) is 228 cm³/mol. The van der Waals surface area contributed by atoms with E-state index in [1.54, 1.807) is 13.2 Å². The fourth-order valence-electron chi connectivity index (χ4n) is 6.15. The summed E-state index contributed by atoms with van der Waals surface area (Å²) in [6.45, 7) is 37.9. The number of aryl methyl sites for hydroxylation is 1. The number of hydrogen-bond donors (Lipinski definition) is 1. The third-order valence-corrected chi connectivity index (χ3v) is 33.0. The molecule has 0 saturated carbocycles. The standard InChI is InChI=1S/C36H78O9Si6/c1-36(2,3)48(11,12)29-18-23-39-25-27-41-28-26-40-24-19-31-51(16,44-49(13,14)42-46(5,6)7)45-50(15,43-47(8,9)10)30-17-20-33-21-22-34(37)35(32-33)38-4/h21-22,32,37H,17-20,23-31H2,1-16H3. The summed E-state index contributed by atoms with van der Waals surface area (Å²) in [5.74, 6) is 0.650. The van der Waals surface area contributed by atoms with E-state index < -0.39 is 50.4 Å². The van der Waals surface area contributed by atoms with Crippen molar-refractivity contribution >= 4 is 50.4 Å². The smallest absolute Gasteiger partial charge is 0.317 e. The van der Waals surface area contributed by atoms with Gasteiger partial charge in [-0.05, 0) is 126 Å². The maximum absolute atomic E-state index is 10.0. The zero-order valence-corrected chi connectivity index (χ0v) is 41.6. The molecule has 1 rings (SSSR count). The van der Waals surface area contributed by atoms with Gasteiger partial charge >= 0.3 is 25.7 Å². The first kappa shape index (κ1) is 48.9. The van der Waals surface area contributed by atoms with Crippen LogP contribution in [0.3, 0.4) is 0 Å².